The fourth-order valence-electron chi connectivity index (χ4n) is 5.89. The van der Waals surface area contributed by atoms with Gasteiger partial charge < -0.3 is 19.3 Å². The molecule has 2 aliphatic heterocycles. The first-order chi connectivity index (χ1) is 18.9. The molecule has 5 heterocycles. The molecule has 2 aliphatic rings. The summed E-state index contributed by atoms with van der Waals surface area (Å²) >= 11 is 0. The summed E-state index contributed by atoms with van der Waals surface area (Å²) in [6, 6.07) is 5.00. The summed E-state index contributed by atoms with van der Waals surface area (Å²) in [5.74, 6) is 0.456. The van der Waals surface area contributed by atoms with Gasteiger partial charge in [-0.1, -0.05) is 6.42 Å². The number of piperidine rings is 1. The van der Waals surface area contributed by atoms with Gasteiger partial charge in [-0.25, -0.2) is 14.2 Å². The van der Waals surface area contributed by atoms with Gasteiger partial charge in [0.25, 0.3) is 0 Å². The molecule has 10 heteroatoms. The van der Waals surface area contributed by atoms with Crippen LogP contribution in [0.5, 0.6) is 11.6 Å². The number of rotatable bonds is 8. The molecule has 206 valence electrons. The van der Waals surface area contributed by atoms with Crippen molar-refractivity contribution in [2.24, 2.45) is 7.05 Å². The molecule has 0 saturated carbocycles. The Bertz CT molecular complexity index is 1560. The van der Waals surface area contributed by atoms with Crippen molar-refractivity contribution in [1.29, 1.82) is 0 Å². The topological polar surface area (TPSA) is 77.7 Å². The third-order valence-electron chi connectivity index (χ3n) is 7.75. The molecule has 0 radical (unpaired) electrons. The van der Waals surface area contributed by atoms with Crippen molar-refractivity contribution in [3.63, 3.8) is 0 Å². The second-order valence-electron chi connectivity index (χ2n) is 10.9. The summed E-state index contributed by atoms with van der Waals surface area (Å²) < 4.78 is 31.5. The fourth-order valence-corrected chi connectivity index (χ4v) is 5.89. The monoisotopic (exact) mass is 534 g/mol. The van der Waals surface area contributed by atoms with Gasteiger partial charge in [0.2, 0.25) is 5.88 Å². The number of pyridine rings is 2. The van der Waals surface area contributed by atoms with Gasteiger partial charge in [0, 0.05) is 44.0 Å². The van der Waals surface area contributed by atoms with Crippen LogP contribution in [0.25, 0.3) is 33.1 Å². The Labute approximate surface area is 226 Å². The first kappa shape index (κ1) is 25.8. The molecule has 4 aromatic rings. The number of hydrogen-bond acceptors (Lipinski definition) is 7. The maximum absolute atomic E-state index is 15.7. The number of hydrogen-bond donors (Lipinski definition) is 0. The molecule has 1 unspecified atom stereocenters. The average molecular weight is 535 g/mol. The first-order valence-electron chi connectivity index (χ1n) is 13.7. The molecule has 0 aliphatic carbocycles. The van der Waals surface area contributed by atoms with Crippen LogP contribution in [-0.2, 0) is 13.6 Å². The number of halogens is 1. The summed E-state index contributed by atoms with van der Waals surface area (Å²) in [7, 11) is 5.63. The highest BCUT2D eigenvalue weighted by molar-refractivity contribution is 6.09. The summed E-state index contributed by atoms with van der Waals surface area (Å²) in [6.45, 7) is 4.87. The third-order valence-corrected chi connectivity index (χ3v) is 7.75. The normalized spacial score (nSPS) is 17.7. The van der Waals surface area contributed by atoms with E-state index in [1.165, 1.54) is 38.4 Å². The zero-order chi connectivity index (χ0) is 27.1. The Morgan fingerprint density at radius 3 is 2.72 bits per heavy atom. The van der Waals surface area contributed by atoms with Crippen molar-refractivity contribution in [2.45, 2.75) is 38.3 Å². The highest BCUT2D eigenvalue weighted by Crippen LogP contribution is 2.43. The van der Waals surface area contributed by atoms with Crippen LogP contribution < -0.4 is 15.2 Å². The van der Waals surface area contributed by atoms with Crippen molar-refractivity contribution in [3.8, 4) is 22.8 Å². The molecule has 1 fully saturated rings. The Morgan fingerprint density at radius 2 is 1.97 bits per heavy atom. The summed E-state index contributed by atoms with van der Waals surface area (Å²) in [6.07, 6.45) is 7.72. The molecule has 39 heavy (non-hydrogen) atoms. The van der Waals surface area contributed by atoms with Gasteiger partial charge >= 0.3 is 5.69 Å². The van der Waals surface area contributed by atoms with Crippen LogP contribution in [-0.4, -0.2) is 81.9 Å². The van der Waals surface area contributed by atoms with Crippen molar-refractivity contribution >= 4 is 21.9 Å². The molecule has 0 N–H and O–H groups in total. The van der Waals surface area contributed by atoms with E-state index in [0.29, 0.717) is 64.4 Å². The Morgan fingerprint density at radius 1 is 1.15 bits per heavy atom. The molecule has 3 aromatic heterocycles. The van der Waals surface area contributed by atoms with E-state index in [0.717, 1.165) is 13.0 Å². The minimum atomic E-state index is -0.448. The highest BCUT2D eigenvalue weighted by Gasteiger charge is 2.30. The summed E-state index contributed by atoms with van der Waals surface area (Å²) in [4.78, 5) is 26.6. The molecule has 0 bridgehead atoms. The van der Waals surface area contributed by atoms with Crippen LogP contribution >= 0.6 is 0 Å². The molecule has 0 amide bonds. The summed E-state index contributed by atoms with van der Waals surface area (Å²) in [5.41, 5.74) is 2.60. The summed E-state index contributed by atoms with van der Waals surface area (Å²) in [5, 5.41) is 0.640. The second-order valence-corrected chi connectivity index (χ2v) is 10.9. The van der Waals surface area contributed by atoms with Crippen LogP contribution in [0.3, 0.4) is 0 Å². The lowest BCUT2D eigenvalue weighted by atomic mass is 10.0. The van der Waals surface area contributed by atoms with E-state index in [-0.39, 0.29) is 11.8 Å². The van der Waals surface area contributed by atoms with Crippen LogP contribution in [0.4, 0.5) is 4.39 Å². The van der Waals surface area contributed by atoms with E-state index in [9.17, 15) is 4.79 Å². The van der Waals surface area contributed by atoms with Gasteiger partial charge in [-0.15, -0.1) is 0 Å². The van der Waals surface area contributed by atoms with Gasteiger partial charge in [0.05, 0.1) is 46.8 Å². The largest absolute Gasteiger partial charge is 0.486 e. The number of benzene rings is 1. The Kier molecular flexibility index (Phi) is 6.99. The van der Waals surface area contributed by atoms with Crippen molar-refractivity contribution in [1.82, 2.24) is 28.9 Å². The van der Waals surface area contributed by atoms with Crippen LogP contribution in [0.15, 0.2) is 35.4 Å². The molecular weight excluding hydrogens is 499 g/mol. The predicted molar refractivity (Wildman–Crippen MR) is 149 cm³/mol. The first-order valence-corrected chi connectivity index (χ1v) is 13.7. The molecule has 6 rings (SSSR count). The molecule has 1 atom stereocenters. The Balaban J connectivity index is 1.34. The van der Waals surface area contributed by atoms with E-state index in [1.807, 2.05) is 25.1 Å². The molecule has 0 spiro atoms. The van der Waals surface area contributed by atoms with Gasteiger partial charge in [0.15, 0.2) is 0 Å². The van der Waals surface area contributed by atoms with Crippen molar-refractivity contribution in [2.75, 3.05) is 46.9 Å². The molecular formula is C29H35FN6O3. The zero-order valence-corrected chi connectivity index (χ0v) is 22.8. The van der Waals surface area contributed by atoms with Crippen LogP contribution in [0.1, 0.15) is 25.7 Å². The quantitative estimate of drug-likeness (QED) is 0.319. The van der Waals surface area contributed by atoms with E-state index in [4.69, 9.17) is 9.47 Å². The fraction of sp³-hybridized carbons (Fsp3) is 0.483. The maximum Gasteiger partial charge on any atom is 0.329 e. The number of ether oxygens (including phenoxy) is 2. The minimum absolute atomic E-state index is 0.145. The average Bonchev–Trinajstić information content (AvgIpc) is 3.05. The predicted octanol–water partition coefficient (Wildman–Crippen LogP) is 3.67. The number of aryl methyl sites for hydroxylation is 1. The van der Waals surface area contributed by atoms with Crippen LogP contribution in [0, 0.1) is 5.82 Å². The number of likely N-dealkylation sites (tertiary alicyclic amines) is 1. The number of aromatic nitrogens is 4. The lowest BCUT2D eigenvalue weighted by molar-refractivity contribution is 0.147. The van der Waals surface area contributed by atoms with Gasteiger partial charge in [-0.3, -0.25) is 14.1 Å². The third kappa shape index (κ3) is 4.87. The smallest absolute Gasteiger partial charge is 0.329 e. The zero-order valence-electron chi connectivity index (χ0n) is 22.8. The maximum atomic E-state index is 15.7. The van der Waals surface area contributed by atoms with Gasteiger partial charge in [0.1, 0.15) is 17.7 Å². The highest BCUT2D eigenvalue weighted by atomic mass is 19.1. The number of imidazole rings is 1. The minimum Gasteiger partial charge on any atom is -0.486 e. The molecule has 1 saturated heterocycles. The standard InChI is InChI=1S/C29H35FN6O3/c1-33(2)17-20-18-36-27-23(34(3)29(36)37)16-31-22-14-21(30)25(28(39-20)26(22)27)19-8-9-24(32-15-19)38-13-7-12-35-10-5-4-6-11-35/h8-9,14-16,20H,4-7,10-13,17-18H2,1-3H3. The van der Waals surface area contributed by atoms with Crippen LogP contribution in [0.2, 0.25) is 0 Å². The number of likely N-dealkylation sites (N-methyl/N-ethyl adjacent to an activating group) is 1. The molecule has 9 nitrogen and oxygen atoms in total. The van der Waals surface area contributed by atoms with E-state index >= 15 is 4.39 Å². The lowest BCUT2D eigenvalue weighted by Gasteiger charge is -2.26. The van der Waals surface area contributed by atoms with Gasteiger partial charge in [-0.2, -0.15) is 0 Å². The lowest BCUT2D eigenvalue weighted by Crippen LogP contribution is -2.36. The van der Waals surface area contributed by atoms with Gasteiger partial charge in [-0.05, 0) is 52.5 Å². The second kappa shape index (κ2) is 10.6. The van der Waals surface area contributed by atoms with E-state index in [2.05, 4.69) is 14.9 Å². The Hall–Kier alpha value is -3.50. The number of nitrogens with zero attached hydrogens (tertiary/aromatic N) is 6. The molecule has 1 aromatic carbocycles. The SMILES string of the molecule is CN(C)CC1Cn2c(=O)n(C)c3cnc4cc(F)c(-c5ccc(OCCCN6CCCCC6)nc5)c(c4c32)O1. The van der Waals surface area contributed by atoms with Crippen molar-refractivity contribution < 1.29 is 13.9 Å². The van der Waals surface area contributed by atoms with E-state index in [1.54, 1.807) is 34.6 Å². The van der Waals surface area contributed by atoms with E-state index < -0.39 is 5.82 Å². The van der Waals surface area contributed by atoms with Crippen molar-refractivity contribution in [3.05, 3.63) is 46.9 Å².